The van der Waals surface area contributed by atoms with Gasteiger partial charge < -0.3 is 19.9 Å². The number of para-hydroxylation sites is 1. The number of piperidine rings is 1. The van der Waals surface area contributed by atoms with Crippen LogP contribution in [0.2, 0.25) is 0 Å². The van der Waals surface area contributed by atoms with Crippen LogP contribution < -0.4 is 15.0 Å². The molecule has 1 saturated heterocycles. The summed E-state index contributed by atoms with van der Waals surface area (Å²) in [5.74, 6) is 1.69. The minimum atomic E-state index is -0.0528. The van der Waals surface area contributed by atoms with Crippen LogP contribution in [0.4, 0.5) is 5.95 Å². The SMILES string of the molecule is CCOc1ccccc1CNC(=O)C1CCCN(c2nc3ccc(Br)cc3[nH]2)C1. The van der Waals surface area contributed by atoms with Gasteiger partial charge in [0, 0.05) is 29.7 Å². The topological polar surface area (TPSA) is 70.2 Å². The lowest BCUT2D eigenvalue weighted by atomic mass is 9.97. The first-order chi connectivity index (χ1) is 14.1. The molecule has 1 aliphatic rings. The summed E-state index contributed by atoms with van der Waals surface area (Å²) < 4.78 is 6.67. The number of H-pyrrole nitrogens is 1. The van der Waals surface area contributed by atoms with E-state index in [4.69, 9.17) is 9.72 Å². The first kappa shape index (κ1) is 19.8. The largest absolute Gasteiger partial charge is 0.494 e. The van der Waals surface area contributed by atoms with Crippen molar-refractivity contribution in [3.8, 4) is 5.75 Å². The van der Waals surface area contributed by atoms with Crippen LogP contribution in [0, 0.1) is 5.92 Å². The number of imidazole rings is 1. The Morgan fingerprint density at radius 2 is 2.21 bits per heavy atom. The van der Waals surface area contributed by atoms with Crippen LogP contribution in [0.5, 0.6) is 5.75 Å². The summed E-state index contributed by atoms with van der Waals surface area (Å²) in [7, 11) is 0. The van der Waals surface area contributed by atoms with Crippen LogP contribution in [0.25, 0.3) is 11.0 Å². The van der Waals surface area contributed by atoms with Crippen LogP contribution in [-0.2, 0) is 11.3 Å². The van der Waals surface area contributed by atoms with Crippen LogP contribution in [-0.4, -0.2) is 35.6 Å². The van der Waals surface area contributed by atoms with Gasteiger partial charge in [0.15, 0.2) is 0 Å². The maximum atomic E-state index is 12.8. The Hall–Kier alpha value is -2.54. The summed E-state index contributed by atoms with van der Waals surface area (Å²) in [5, 5.41) is 3.09. The smallest absolute Gasteiger partial charge is 0.225 e. The van der Waals surface area contributed by atoms with Gasteiger partial charge in [-0.1, -0.05) is 34.1 Å². The molecule has 152 valence electrons. The molecule has 2 heterocycles. The van der Waals surface area contributed by atoms with E-state index in [0.29, 0.717) is 19.7 Å². The monoisotopic (exact) mass is 456 g/mol. The van der Waals surface area contributed by atoms with E-state index < -0.39 is 0 Å². The second kappa shape index (κ2) is 8.86. The van der Waals surface area contributed by atoms with E-state index in [0.717, 1.165) is 52.2 Å². The fourth-order valence-corrected chi connectivity index (χ4v) is 4.14. The average molecular weight is 457 g/mol. The zero-order valence-electron chi connectivity index (χ0n) is 16.5. The van der Waals surface area contributed by atoms with Gasteiger partial charge in [-0.05, 0) is 44.0 Å². The fraction of sp³-hybridized carbons (Fsp3) is 0.364. The van der Waals surface area contributed by atoms with Crippen LogP contribution in [0.3, 0.4) is 0 Å². The summed E-state index contributed by atoms with van der Waals surface area (Å²) in [6.07, 6.45) is 1.86. The van der Waals surface area contributed by atoms with Gasteiger partial charge in [0.25, 0.3) is 0 Å². The third-order valence-electron chi connectivity index (χ3n) is 5.25. The summed E-state index contributed by atoms with van der Waals surface area (Å²) in [5.41, 5.74) is 2.93. The molecule has 0 aliphatic carbocycles. The third-order valence-corrected chi connectivity index (χ3v) is 5.74. The number of carbonyl (C=O) groups is 1. The lowest BCUT2D eigenvalue weighted by Gasteiger charge is -2.31. The molecule has 1 fully saturated rings. The first-order valence-electron chi connectivity index (χ1n) is 10.0. The minimum Gasteiger partial charge on any atom is -0.494 e. The number of fused-ring (bicyclic) bond motifs is 1. The van der Waals surface area contributed by atoms with Gasteiger partial charge in [-0.25, -0.2) is 4.98 Å². The van der Waals surface area contributed by atoms with E-state index in [9.17, 15) is 4.79 Å². The van der Waals surface area contributed by atoms with Crippen LogP contribution in [0.15, 0.2) is 46.9 Å². The standard InChI is InChI=1S/C22H25BrN4O2/c1-2-29-20-8-4-3-6-15(20)13-24-21(28)16-7-5-11-27(14-16)22-25-18-10-9-17(23)12-19(18)26-22/h3-4,6,8-10,12,16H,2,5,7,11,13-14H2,1H3,(H,24,28)(H,25,26). The highest BCUT2D eigenvalue weighted by Crippen LogP contribution is 2.25. The van der Waals surface area contributed by atoms with Crippen molar-refractivity contribution in [1.82, 2.24) is 15.3 Å². The summed E-state index contributed by atoms with van der Waals surface area (Å²) in [4.78, 5) is 23.1. The normalized spacial score (nSPS) is 16.8. The molecule has 3 aromatic rings. The Morgan fingerprint density at radius 3 is 3.07 bits per heavy atom. The molecule has 2 aromatic carbocycles. The number of nitrogens with zero attached hydrogens (tertiary/aromatic N) is 2. The maximum Gasteiger partial charge on any atom is 0.225 e. The lowest BCUT2D eigenvalue weighted by molar-refractivity contribution is -0.125. The second-order valence-electron chi connectivity index (χ2n) is 7.27. The molecule has 29 heavy (non-hydrogen) atoms. The number of anilines is 1. The van der Waals surface area contributed by atoms with E-state index in [2.05, 4.69) is 31.1 Å². The van der Waals surface area contributed by atoms with Crippen LogP contribution >= 0.6 is 15.9 Å². The molecule has 0 saturated carbocycles. The molecule has 2 N–H and O–H groups in total. The number of hydrogen-bond acceptors (Lipinski definition) is 4. The molecule has 0 spiro atoms. The number of nitrogens with one attached hydrogen (secondary N) is 2. The number of hydrogen-bond donors (Lipinski definition) is 2. The number of halogens is 1. The Morgan fingerprint density at radius 1 is 1.34 bits per heavy atom. The van der Waals surface area contributed by atoms with Crippen LogP contribution in [0.1, 0.15) is 25.3 Å². The molecule has 0 bridgehead atoms. The number of benzene rings is 2. The van der Waals surface area contributed by atoms with Gasteiger partial charge >= 0.3 is 0 Å². The molecule has 0 radical (unpaired) electrons. The summed E-state index contributed by atoms with van der Waals surface area (Å²) in [6.45, 7) is 4.61. The van der Waals surface area contributed by atoms with Gasteiger partial charge in [0.05, 0.1) is 23.6 Å². The number of carbonyl (C=O) groups excluding carboxylic acids is 1. The molecular formula is C22H25BrN4O2. The van der Waals surface area contributed by atoms with E-state index in [1.165, 1.54) is 0 Å². The van der Waals surface area contributed by atoms with Gasteiger partial charge in [-0.2, -0.15) is 0 Å². The van der Waals surface area contributed by atoms with Crippen molar-refractivity contribution in [3.63, 3.8) is 0 Å². The van der Waals surface area contributed by atoms with Crippen molar-refractivity contribution >= 4 is 38.8 Å². The Bertz CT molecular complexity index is 1000. The number of aromatic amines is 1. The van der Waals surface area contributed by atoms with E-state index >= 15 is 0 Å². The molecule has 1 aromatic heterocycles. The third kappa shape index (κ3) is 4.56. The van der Waals surface area contributed by atoms with Crippen molar-refractivity contribution in [2.24, 2.45) is 5.92 Å². The van der Waals surface area contributed by atoms with E-state index in [1.54, 1.807) is 0 Å². The van der Waals surface area contributed by atoms with E-state index in [1.807, 2.05) is 49.4 Å². The van der Waals surface area contributed by atoms with Crippen molar-refractivity contribution < 1.29 is 9.53 Å². The Balaban J connectivity index is 1.40. The quantitative estimate of drug-likeness (QED) is 0.581. The van der Waals surface area contributed by atoms with Gasteiger partial charge in [-0.3, -0.25) is 4.79 Å². The number of ether oxygens (including phenoxy) is 1. The molecule has 1 atom stereocenters. The number of rotatable bonds is 6. The van der Waals surface area contributed by atoms with Gasteiger partial charge in [0.1, 0.15) is 5.75 Å². The van der Waals surface area contributed by atoms with Crippen molar-refractivity contribution in [1.29, 1.82) is 0 Å². The summed E-state index contributed by atoms with van der Waals surface area (Å²) >= 11 is 3.49. The molecule has 4 rings (SSSR count). The molecule has 1 aliphatic heterocycles. The maximum absolute atomic E-state index is 12.8. The van der Waals surface area contributed by atoms with E-state index in [-0.39, 0.29) is 11.8 Å². The molecular weight excluding hydrogens is 432 g/mol. The predicted octanol–water partition coefficient (Wildman–Crippen LogP) is 4.26. The van der Waals surface area contributed by atoms with Crippen molar-refractivity contribution in [2.75, 3.05) is 24.6 Å². The first-order valence-corrected chi connectivity index (χ1v) is 10.8. The highest BCUT2D eigenvalue weighted by atomic mass is 79.9. The zero-order valence-corrected chi connectivity index (χ0v) is 18.0. The number of amides is 1. The molecule has 1 amide bonds. The average Bonchev–Trinajstić information content (AvgIpc) is 3.16. The molecule has 6 nitrogen and oxygen atoms in total. The van der Waals surface area contributed by atoms with Gasteiger partial charge in [0.2, 0.25) is 11.9 Å². The van der Waals surface area contributed by atoms with Crippen molar-refractivity contribution in [2.45, 2.75) is 26.3 Å². The van der Waals surface area contributed by atoms with Gasteiger partial charge in [-0.15, -0.1) is 0 Å². The zero-order chi connectivity index (χ0) is 20.2. The minimum absolute atomic E-state index is 0.0528. The highest BCUT2D eigenvalue weighted by molar-refractivity contribution is 9.10. The highest BCUT2D eigenvalue weighted by Gasteiger charge is 2.27. The Kier molecular flexibility index (Phi) is 6.04. The molecule has 7 heteroatoms. The Labute approximate surface area is 178 Å². The lowest BCUT2D eigenvalue weighted by Crippen LogP contribution is -2.43. The fourth-order valence-electron chi connectivity index (χ4n) is 3.77. The van der Waals surface area contributed by atoms with Crippen molar-refractivity contribution in [3.05, 3.63) is 52.5 Å². The predicted molar refractivity (Wildman–Crippen MR) is 118 cm³/mol. The molecule has 1 unspecified atom stereocenters. The summed E-state index contributed by atoms with van der Waals surface area (Å²) in [6, 6.07) is 13.8. The second-order valence-corrected chi connectivity index (χ2v) is 8.18. The number of aromatic nitrogens is 2.